The van der Waals surface area contributed by atoms with E-state index in [-0.39, 0.29) is 0 Å². The standard InChI is InChI=1S/C10H19N3O/c1-9(2)13-6-4-10(12-13)8-14-7-3-5-11/h4,6,9H,3,5,7-8,11H2,1-2H3. The van der Waals surface area contributed by atoms with Gasteiger partial charge in [-0.2, -0.15) is 5.10 Å². The minimum atomic E-state index is 0.410. The quantitative estimate of drug-likeness (QED) is 0.700. The fourth-order valence-corrected chi connectivity index (χ4v) is 1.10. The van der Waals surface area contributed by atoms with Crippen LogP contribution in [-0.4, -0.2) is 22.9 Å². The Morgan fingerprint density at radius 2 is 2.36 bits per heavy atom. The van der Waals surface area contributed by atoms with Gasteiger partial charge in [-0.15, -0.1) is 0 Å². The van der Waals surface area contributed by atoms with E-state index in [1.165, 1.54) is 0 Å². The van der Waals surface area contributed by atoms with Crippen LogP contribution in [-0.2, 0) is 11.3 Å². The molecule has 0 amide bonds. The molecule has 0 fully saturated rings. The Kier molecular flexibility index (Phi) is 4.62. The number of rotatable bonds is 6. The number of ether oxygens (including phenoxy) is 1. The summed E-state index contributed by atoms with van der Waals surface area (Å²) in [5.41, 5.74) is 6.33. The molecule has 0 radical (unpaired) electrons. The molecule has 1 aromatic heterocycles. The van der Waals surface area contributed by atoms with Gasteiger partial charge in [0.05, 0.1) is 12.3 Å². The Morgan fingerprint density at radius 1 is 1.57 bits per heavy atom. The van der Waals surface area contributed by atoms with E-state index < -0.39 is 0 Å². The Balaban J connectivity index is 2.29. The predicted molar refractivity (Wildman–Crippen MR) is 55.9 cm³/mol. The first-order valence-electron chi connectivity index (χ1n) is 5.06. The normalized spacial score (nSPS) is 11.1. The summed E-state index contributed by atoms with van der Waals surface area (Å²) >= 11 is 0. The molecule has 80 valence electrons. The number of hydrogen-bond donors (Lipinski definition) is 1. The fraction of sp³-hybridized carbons (Fsp3) is 0.700. The summed E-state index contributed by atoms with van der Waals surface area (Å²) in [5, 5.41) is 4.37. The van der Waals surface area contributed by atoms with Crippen LogP contribution in [0.1, 0.15) is 32.0 Å². The van der Waals surface area contributed by atoms with Crippen molar-refractivity contribution in [2.75, 3.05) is 13.2 Å². The molecular weight excluding hydrogens is 178 g/mol. The fourth-order valence-electron chi connectivity index (χ4n) is 1.10. The molecule has 0 aromatic carbocycles. The second-order valence-corrected chi connectivity index (χ2v) is 3.58. The molecule has 0 aliphatic carbocycles. The van der Waals surface area contributed by atoms with Crippen molar-refractivity contribution in [3.63, 3.8) is 0 Å². The smallest absolute Gasteiger partial charge is 0.0906 e. The van der Waals surface area contributed by atoms with Crippen LogP contribution in [0, 0.1) is 0 Å². The maximum Gasteiger partial charge on any atom is 0.0906 e. The number of nitrogens with zero attached hydrogens (tertiary/aromatic N) is 2. The van der Waals surface area contributed by atoms with Crippen LogP contribution in [0.4, 0.5) is 0 Å². The summed E-state index contributed by atoms with van der Waals surface area (Å²) in [4.78, 5) is 0. The van der Waals surface area contributed by atoms with Gasteiger partial charge in [0.25, 0.3) is 0 Å². The monoisotopic (exact) mass is 197 g/mol. The molecule has 1 rings (SSSR count). The molecule has 0 saturated heterocycles. The first-order valence-corrected chi connectivity index (χ1v) is 5.06. The maximum absolute atomic E-state index is 5.40. The minimum Gasteiger partial charge on any atom is -0.375 e. The largest absolute Gasteiger partial charge is 0.375 e. The molecule has 14 heavy (non-hydrogen) atoms. The van der Waals surface area contributed by atoms with Crippen molar-refractivity contribution < 1.29 is 4.74 Å². The van der Waals surface area contributed by atoms with Crippen molar-refractivity contribution in [2.24, 2.45) is 5.73 Å². The molecule has 0 unspecified atom stereocenters. The summed E-state index contributed by atoms with van der Waals surface area (Å²) in [6.45, 7) is 6.18. The van der Waals surface area contributed by atoms with Gasteiger partial charge in [0, 0.05) is 18.8 Å². The molecule has 1 aromatic rings. The van der Waals surface area contributed by atoms with E-state index in [1.54, 1.807) is 0 Å². The van der Waals surface area contributed by atoms with Crippen molar-refractivity contribution in [3.8, 4) is 0 Å². The summed E-state index contributed by atoms with van der Waals surface area (Å²) in [6.07, 6.45) is 2.89. The lowest BCUT2D eigenvalue weighted by atomic mass is 10.4. The van der Waals surface area contributed by atoms with Crippen LogP contribution < -0.4 is 5.73 Å². The zero-order valence-corrected chi connectivity index (χ0v) is 8.94. The van der Waals surface area contributed by atoms with Gasteiger partial charge in [0.1, 0.15) is 0 Å². The second-order valence-electron chi connectivity index (χ2n) is 3.58. The van der Waals surface area contributed by atoms with E-state index >= 15 is 0 Å². The molecule has 0 aliphatic heterocycles. The molecule has 0 spiro atoms. The predicted octanol–water partition coefficient (Wildman–Crippen LogP) is 1.33. The van der Waals surface area contributed by atoms with Crippen LogP contribution in [0.3, 0.4) is 0 Å². The highest BCUT2D eigenvalue weighted by Crippen LogP contribution is 2.04. The first kappa shape index (κ1) is 11.2. The van der Waals surface area contributed by atoms with Crippen LogP contribution in [0.5, 0.6) is 0 Å². The molecule has 0 aliphatic rings. The van der Waals surface area contributed by atoms with E-state index in [0.717, 1.165) is 12.1 Å². The van der Waals surface area contributed by atoms with Crippen molar-refractivity contribution in [1.82, 2.24) is 9.78 Å². The zero-order valence-electron chi connectivity index (χ0n) is 8.94. The molecule has 0 bridgehead atoms. The van der Waals surface area contributed by atoms with Gasteiger partial charge < -0.3 is 10.5 Å². The SMILES string of the molecule is CC(C)n1ccc(COCCCN)n1. The van der Waals surface area contributed by atoms with Crippen molar-refractivity contribution in [2.45, 2.75) is 32.9 Å². The van der Waals surface area contributed by atoms with Gasteiger partial charge in [-0.3, -0.25) is 4.68 Å². The summed E-state index contributed by atoms with van der Waals surface area (Å²) < 4.78 is 7.33. The van der Waals surface area contributed by atoms with Gasteiger partial charge >= 0.3 is 0 Å². The molecule has 0 saturated carbocycles. The van der Waals surface area contributed by atoms with E-state index in [9.17, 15) is 0 Å². The summed E-state index contributed by atoms with van der Waals surface area (Å²) in [5.74, 6) is 0. The van der Waals surface area contributed by atoms with E-state index in [1.807, 2.05) is 16.9 Å². The van der Waals surface area contributed by atoms with Crippen molar-refractivity contribution in [1.29, 1.82) is 0 Å². The number of hydrogen-bond acceptors (Lipinski definition) is 3. The van der Waals surface area contributed by atoms with Gasteiger partial charge in [-0.1, -0.05) is 0 Å². The Hall–Kier alpha value is -0.870. The van der Waals surface area contributed by atoms with Crippen LogP contribution in [0.15, 0.2) is 12.3 Å². The molecule has 4 nitrogen and oxygen atoms in total. The number of nitrogens with two attached hydrogens (primary N) is 1. The third-order valence-electron chi connectivity index (χ3n) is 1.94. The molecule has 0 atom stereocenters. The average molecular weight is 197 g/mol. The topological polar surface area (TPSA) is 53.1 Å². The van der Waals surface area contributed by atoms with Gasteiger partial charge in [0.15, 0.2) is 0 Å². The maximum atomic E-state index is 5.40. The minimum absolute atomic E-state index is 0.410. The van der Waals surface area contributed by atoms with E-state index in [2.05, 4.69) is 18.9 Å². The molecule has 4 heteroatoms. The van der Waals surface area contributed by atoms with Gasteiger partial charge in [-0.05, 0) is 32.9 Å². The lowest BCUT2D eigenvalue weighted by molar-refractivity contribution is 0.117. The highest BCUT2D eigenvalue weighted by Gasteiger charge is 2.01. The Labute approximate surface area is 85.0 Å². The Bertz CT molecular complexity index is 258. The second kappa shape index (κ2) is 5.78. The van der Waals surface area contributed by atoms with E-state index in [4.69, 9.17) is 10.5 Å². The third kappa shape index (κ3) is 3.47. The molecular formula is C10H19N3O. The zero-order chi connectivity index (χ0) is 10.4. The highest BCUT2D eigenvalue weighted by atomic mass is 16.5. The lowest BCUT2D eigenvalue weighted by Gasteiger charge is -2.04. The van der Waals surface area contributed by atoms with Crippen LogP contribution in [0.25, 0.3) is 0 Å². The average Bonchev–Trinajstić information content (AvgIpc) is 2.61. The van der Waals surface area contributed by atoms with E-state index in [0.29, 0.717) is 25.8 Å². The van der Waals surface area contributed by atoms with Crippen LogP contribution >= 0.6 is 0 Å². The highest BCUT2D eigenvalue weighted by molar-refractivity contribution is 4.97. The summed E-state index contributed by atoms with van der Waals surface area (Å²) in [7, 11) is 0. The summed E-state index contributed by atoms with van der Waals surface area (Å²) in [6, 6.07) is 2.40. The van der Waals surface area contributed by atoms with Gasteiger partial charge in [-0.25, -0.2) is 0 Å². The molecule has 1 heterocycles. The van der Waals surface area contributed by atoms with Crippen molar-refractivity contribution in [3.05, 3.63) is 18.0 Å². The lowest BCUT2D eigenvalue weighted by Crippen LogP contribution is -2.05. The number of aromatic nitrogens is 2. The van der Waals surface area contributed by atoms with Gasteiger partial charge in [0.2, 0.25) is 0 Å². The van der Waals surface area contributed by atoms with Crippen LogP contribution in [0.2, 0.25) is 0 Å². The third-order valence-corrected chi connectivity index (χ3v) is 1.94. The first-order chi connectivity index (χ1) is 6.74. The van der Waals surface area contributed by atoms with Crippen molar-refractivity contribution >= 4 is 0 Å². The Morgan fingerprint density at radius 3 is 2.93 bits per heavy atom. The molecule has 2 N–H and O–H groups in total.